The van der Waals surface area contributed by atoms with Gasteiger partial charge in [0.1, 0.15) is 0 Å². The number of benzene rings is 1. The van der Waals surface area contributed by atoms with Gasteiger partial charge in [-0.2, -0.15) is 0 Å². The molecule has 6 nitrogen and oxygen atoms in total. The molecule has 7 heteroatoms. The second kappa shape index (κ2) is 7.41. The quantitative estimate of drug-likeness (QED) is 0.636. The fourth-order valence-corrected chi connectivity index (χ4v) is 3.97. The molecule has 1 saturated heterocycles. The van der Waals surface area contributed by atoms with Crippen LogP contribution in [0.1, 0.15) is 17.5 Å². The Morgan fingerprint density at radius 2 is 2.09 bits per heavy atom. The highest BCUT2D eigenvalue weighted by molar-refractivity contribution is 7.91. The minimum absolute atomic E-state index is 0.0557. The Labute approximate surface area is 135 Å². The molecule has 1 fully saturated rings. The van der Waals surface area contributed by atoms with Crippen LogP contribution in [0.5, 0.6) is 0 Å². The monoisotopic (exact) mass is 337 g/mol. The van der Waals surface area contributed by atoms with Crippen LogP contribution in [0.4, 0.5) is 0 Å². The van der Waals surface area contributed by atoms with Gasteiger partial charge < -0.3 is 10.1 Å². The highest BCUT2D eigenvalue weighted by Crippen LogP contribution is 2.11. The van der Waals surface area contributed by atoms with Crippen molar-refractivity contribution in [2.75, 3.05) is 18.1 Å². The van der Waals surface area contributed by atoms with Gasteiger partial charge in [0, 0.05) is 12.1 Å². The summed E-state index contributed by atoms with van der Waals surface area (Å²) in [6, 6.07) is 7.16. The van der Waals surface area contributed by atoms with Gasteiger partial charge in [0.15, 0.2) is 16.4 Å². The molecule has 1 N–H and O–H groups in total. The number of nitrogens with one attached hydrogen (secondary N) is 1. The Kier molecular flexibility index (Phi) is 5.54. The van der Waals surface area contributed by atoms with Crippen LogP contribution >= 0.6 is 0 Å². The third-order valence-corrected chi connectivity index (χ3v) is 5.30. The normalized spacial score (nSPS) is 19.6. The van der Waals surface area contributed by atoms with Crippen molar-refractivity contribution in [1.29, 1.82) is 0 Å². The van der Waals surface area contributed by atoms with E-state index in [4.69, 9.17) is 4.74 Å². The van der Waals surface area contributed by atoms with Crippen molar-refractivity contribution in [2.24, 2.45) is 0 Å². The Hall–Kier alpha value is -2.15. The van der Waals surface area contributed by atoms with Crippen LogP contribution in [0, 0.1) is 6.92 Å². The smallest absolute Gasteiger partial charge is 0.331 e. The van der Waals surface area contributed by atoms with Crippen molar-refractivity contribution in [1.82, 2.24) is 5.32 Å². The summed E-state index contributed by atoms with van der Waals surface area (Å²) in [5, 5.41) is 2.55. The lowest BCUT2D eigenvalue weighted by Gasteiger charge is -2.10. The molecule has 124 valence electrons. The molecule has 1 heterocycles. The predicted molar refractivity (Wildman–Crippen MR) is 86.4 cm³/mol. The molecule has 0 bridgehead atoms. The maximum atomic E-state index is 11.6. The van der Waals surface area contributed by atoms with Crippen molar-refractivity contribution in [2.45, 2.75) is 19.4 Å². The highest BCUT2D eigenvalue weighted by atomic mass is 32.2. The SMILES string of the molecule is Cc1ccccc1/C=C/C(=O)OCC(=O)N[C@@H]1CCS(=O)(=O)C1. The van der Waals surface area contributed by atoms with Gasteiger partial charge in [-0.3, -0.25) is 4.79 Å². The van der Waals surface area contributed by atoms with Gasteiger partial charge in [0.25, 0.3) is 5.91 Å². The minimum Gasteiger partial charge on any atom is -0.452 e. The number of carbonyl (C=O) groups excluding carboxylic acids is 2. The molecule has 0 radical (unpaired) electrons. The average molecular weight is 337 g/mol. The standard InChI is InChI=1S/C16H19NO5S/c1-12-4-2-3-5-13(12)6-7-16(19)22-10-15(18)17-14-8-9-23(20,21)11-14/h2-7,14H,8-11H2,1H3,(H,17,18)/b7-6+/t14-/m1/s1. The third-order valence-electron chi connectivity index (χ3n) is 3.53. The van der Waals surface area contributed by atoms with Crippen LogP contribution in [-0.2, 0) is 24.2 Å². The number of amides is 1. The van der Waals surface area contributed by atoms with Crippen molar-refractivity contribution >= 4 is 27.8 Å². The van der Waals surface area contributed by atoms with Crippen LogP contribution in [0.25, 0.3) is 6.08 Å². The fraction of sp³-hybridized carbons (Fsp3) is 0.375. The molecular weight excluding hydrogens is 318 g/mol. The maximum absolute atomic E-state index is 11.6. The third kappa shape index (κ3) is 5.52. The molecular formula is C16H19NO5S. The maximum Gasteiger partial charge on any atom is 0.331 e. The summed E-state index contributed by atoms with van der Waals surface area (Å²) in [7, 11) is -3.05. The highest BCUT2D eigenvalue weighted by Gasteiger charge is 2.28. The molecule has 1 aliphatic rings. The van der Waals surface area contributed by atoms with E-state index in [0.29, 0.717) is 6.42 Å². The van der Waals surface area contributed by atoms with Crippen LogP contribution in [0.3, 0.4) is 0 Å². The summed E-state index contributed by atoms with van der Waals surface area (Å²) in [6.45, 7) is 1.50. The van der Waals surface area contributed by atoms with Crippen LogP contribution < -0.4 is 5.32 Å². The van der Waals surface area contributed by atoms with E-state index < -0.39 is 34.4 Å². The molecule has 23 heavy (non-hydrogen) atoms. The summed E-state index contributed by atoms with van der Waals surface area (Å²) in [6.07, 6.45) is 3.28. The van der Waals surface area contributed by atoms with E-state index >= 15 is 0 Å². The van der Waals surface area contributed by atoms with E-state index in [1.807, 2.05) is 31.2 Å². The molecule has 0 saturated carbocycles. The lowest BCUT2D eigenvalue weighted by atomic mass is 10.1. The van der Waals surface area contributed by atoms with Gasteiger partial charge >= 0.3 is 5.97 Å². The van der Waals surface area contributed by atoms with Gasteiger partial charge in [-0.05, 0) is 30.5 Å². The largest absolute Gasteiger partial charge is 0.452 e. The van der Waals surface area contributed by atoms with Crippen molar-refractivity contribution in [3.05, 3.63) is 41.5 Å². The molecule has 1 aromatic rings. The zero-order valence-corrected chi connectivity index (χ0v) is 13.6. The van der Waals surface area contributed by atoms with Gasteiger partial charge in [0.05, 0.1) is 11.5 Å². The van der Waals surface area contributed by atoms with E-state index in [-0.39, 0.29) is 11.5 Å². The van der Waals surface area contributed by atoms with Gasteiger partial charge in [-0.1, -0.05) is 24.3 Å². The van der Waals surface area contributed by atoms with Gasteiger partial charge in [-0.25, -0.2) is 13.2 Å². The Balaban J connectivity index is 1.76. The lowest BCUT2D eigenvalue weighted by Crippen LogP contribution is -2.38. The molecule has 0 aliphatic carbocycles. The van der Waals surface area contributed by atoms with Crippen molar-refractivity contribution in [3.8, 4) is 0 Å². The fourth-order valence-electron chi connectivity index (χ4n) is 2.29. The topological polar surface area (TPSA) is 89.5 Å². The van der Waals surface area contributed by atoms with E-state index in [1.54, 1.807) is 6.08 Å². The minimum atomic E-state index is -3.05. The summed E-state index contributed by atoms with van der Waals surface area (Å²) in [5.74, 6) is -1.09. The van der Waals surface area contributed by atoms with Crippen LogP contribution in [-0.4, -0.2) is 44.4 Å². The molecule has 0 spiro atoms. The summed E-state index contributed by atoms with van der Waals surface area (Å²) >= 11 is 0. The molecule has 1 aromatic carbocycles. The van der Waals surface area contributed by atoms with Crippen LogP contribution in [0.15, 0.2) is 30.3 Å². The van der Waals surface area contributed by atoms with Crippen molar-refractivity contribution in [3.63, 3.8) is 0 Å². The van der Waals surface area contributed by atoms with Gasteiger partial charge in [-0.15, -0.1) is 0 Å². The number of hydrogen-bond acceptors (Lipinski definition) is 5. The molecule has 0 unspecified atom stereocenters. The number of aryl methyl sites for hydroxylation is 1. The predicted octanol–water partition coefficient (Wildman–Crippen LogP) is 0.855. The first-order valence-electron chi connectivity index (χ1n) is 7.26. The van der Waals surface area contributed by atoms with E-state index in [1.165, 1.54) is 6.08 Å². The number of carbonyl (C=O) groups is 2. The van der Waals surface area contributed by atoms with Crippen molar-refractivity contribution < 1.29 is 22.7 Å². The van der Waals surface area contributed by atoms with E-state index in [9.17, 15) is 18.0 Å². The number of esters is 1. The summed E-state index contributed by atoms with van der Waals surface area (Å²) < 4.78 is 27.4. The summed E-state index contributed by atoms with van der Waals surface area (Å²) in [5.41, 5.74) is 1.92. The van der Waals surface area contributed by atoms with E-state index in [0.717, 1.165) is 11.1 Å². The first-order chi connectivity index (χ1) is 10.9. The molecule has 1 aliphatic heterocycles. The average Bonchev–Trinajstić information content (AvgIpc) is 2.83. The Morgan fingerprint density at radius 3 is 2.74 bits per heavy atom. The Morgan fingerprint density at radius 1 is 1.35 bits per heavy atom. The van der Waals surface area contributed by atoms with Crippen LogP contribution in [0.2, 0.25) is 0 Å². The molecule has 2 rings (SSSR count). The molecule has 1 atom stereocenters. The second-order valence-corrected chi connectivity index (χ2v) is 7.69. The zero-order valence-electron chi connectivity index (χ0n) is 12.8. The van der Waals surface area contributed by atoms with E-state index in [2.05, 4.69) is 5.32 Å². The number of hydrogen-bond donors (Lipinski definition) is 1. The first-order valence-corrected chi connectivity index (χ1v) is 9.08. The Bertz CT molecular complexity index is 724. The first kappa shape index (κ1) is 17.2. The van der Waals surface area contributed by atoms with Gasteiger partial charge in [0.2, 0.25) is 0 Å². The molecule has 1 amide bonds. The summed E-state index contributed by atoms with van der Waals surface area (Å²) in [4.78, 5) is 23.2. The number of rotatable bonds is 5. The zero-order chi connectivity index (χ0) is 16.9. The number of ether oxygens (including phenoxy) is 1. The second-order valence-electron chi connectivity index (χ2n) is 5.47. The number of sulfone groups is 1. The lowest BCUT2D eigenvalue weighted by molar-refractivity contribution is -0.143. The molecule has 0 aromatic heterocycles.